The molecule has 2 aromatic rings. The van der Waals surface area contributed by atoms with E-state index in [1.807, 2.05) is 0 Å². The van der Waals surface area contributed by atoms with Crippen molar-refractivity contribution in [1.82, 2.24) is 4.90 Å². The lowest BCUT2D eigenvalue weighted by Gasteiger charge is -2.26. The molecule has 0 aliphatic carbocycles. The van der Waals surface area contributed by atoms with E-state index in [0.717, 1.165) is 19.3 Å². The predicted octanol–water partition coefficient (Wildman–Crippen LogP) is 4.06. The molecule has 0 spiro atoms. The number of piperidine rings is 1. The van der Waals surface area contributed by atoms with Crippen molar-refractivity contribution < 1.29 is 23.0 Å². The van der Waals surface area contributed by atoms with Gasteiger partial charge < -0.3 is 14.4 Å². The Kier molecular flexibility index (Phi) is 4.03. The number of rotatable bonds is 2. The van der Waals surface area contributed by atoms with Crippen LogP contribution in [0.5, 0.6) is 11.5 Å². The fourth-order valence-corrected chi connectivity index (χ4v) is 3.16. The van der Waals surface area contributed by atoms with E-state index in [4.69, 9.17) is 9.47 Å². The number of amides is 1. The van der Waals surface area contributed by atoms with Crippen molar-refractivity contribution in [3.8, 4) is 11.5 Å². The summed E-state index contributed by atoms with van der Waals surface area (Å²) in [6, 6.07) is 8.26. The van der Waals surface area contributed by atoms with Crippen molar-refractivity contribution in [2.24, 2.45) is 0 Å². The lowest BCUT2D eigenvalue weighted by molar-refractivity contribution is 0.0485. The minimum absolute atomic E-state index is 0.0102. The van der Waals surface area contributed by atoms with Gasteiger partial charge in [0.15, 0.2) is 11.5 Å². The highest BCUT2D eigenvalue weighted by atomic mass is 19.1. The second-order valence-corrected chi connectivity index (χ2v) is 6.25. The fraction of sp³-hybridized carbons (Fsp3) is 0.316. The summed E-state index contributed by atoms with van der Waals surface area (Å²) in [6.45, 7) is 1.29. The maximum absolute atomic E-state index is 14.4. The number of hydrogen-bond donors (Lipinski definition) is 0. The van der Waals surface area contributed by atoms with Gasteiger partial charge in [-0.15, -0.1) is 0 Å². The topological polar surface area (TPSA) is 38.8 Å². The lowest BCUT2D eigenvalue weighted by Crippen LogP contribution is -2.36. The Balaban J connectivity index is 1.58. The molecule has 0 N–H and O–H groups in total. The molecule has 0 aromatic heterocycles. The van der Waals surface area contributed by atoms with Gasteiger partial charge in [-0.2, -0.15) is 0 Å². The number of carbonyl (C=O) groups is 1. The zero-order chi connectivity index (χ0) is 17.4. The maximum Gasteiger partial charge on any atom is 0.267 e. The Hall–Kier alpha value is -2.63. The van der Waals surface area contributed by atoms with E-state index in [1.54, 1.807) is 17.0 Å². The molecule has 4 rings (SSSR count). The molecule has 6 heteroatoms. The van der Waals surface area contributed by atoms with Crippen LogP contribution in [0.4, 0.5) is 8.78 Å². The maximum atomic E-state index is 14.4. The number of nitrogens with zero attached hydrogens (tertiary/aromatic N) is 1. The normalized spacial score (nSPS) is 19.1. The van der Waals surface area contributed by atoms with E-state index < -0.39 is 12.1 Å². The Morgan fingerprint density at radius 2 is 1.60 bits per heavy atom. The van der Waals surface area contributed by atoms with Gasteiger partial charge in [-0.05, 0) is 49.6 Å². The van der Waals surface area contributed by atoms with Crippen LogP contribution in [0.3, 0.4) is 0 Å². The summed E-state index contributed by atoms with van der Waals surface area (Å²) < 4.78 is 38.7. The molecule has 1 amide bonds. The number of ether oxygens (including phenoxy) is 2. The Morgan fingerprint density at radius 1 is 0.960 bits per heavy atom. The number of likely N-dealkylation sites (tertiary alicyclic amines) is 1. The third-order valence-corrected chi connectivity index (χ3v) is 4.52. The van der Waals surface area contributed by atoms with E-state index in [-0.39, 0.29) is 23.0 Å². The summed E-state index contributed by atoms with van der Waals surface area (Å²) in [5, 5.41) is 0. The van der Waals surface area contributed by atoms with Crippen molar-refractivity contribution >= 4 is 5.91 Å². The molecule has 2 aliphatic heterocycles. The lowest BCUT2D eigenvalue weighted by atomic mass is 10.1. The molecule has 1 unspecified atom stereocenters. The van der Waals surface area contributed by atoms with Crippen molar-refractivity contribution in [3.05, 3.63) is 59.2 Å². The predicted molar refractivity (Wildman–Crippen MR) is 86.6 cm³/mol. The van der Waals surface area contributed by atoms with E-state index in [2.05, 4.69) is 0 Å². The van der Waals surface area contributed by atoms with Crippen LogP contribution >= 0.6 is 0 Å². The molecule has 1 saturated heterocycles. The Morgan fingerprint density at radius 3 is 2.28 bits per heavy atom. The Bertz CT molecular complexity index is 801. The van der Waals surface area contributed by atoms with Gasteiger partial charge in [0.2, 0.25) is 0 Å². The van der Waals surface area contributed by atoms with Crippen LogP contribution in [0.2, 0.25) is 0 Å². The van der Waals surface area contributed by atoms with E-state index >= 15 is 0 Å². The summed E-state index contributed by atoms with van der Waals surface area (Å²) >= 11 is 0. The average molecular weight is 345 g/mol. The molecule has 2 aliphatic rings. The van der Waals surface area contributed by atoms with Crippen LogP contribution in [0.15, 0.2) is 36.4 Å². The van der Waals surface area contributed by atoms with Crippen LogP contribution in [0.25, 0.3) is 0 Å². The van der Waals surface area contributed by atoms with Crippen LogP contribution in [-0.4, -0.2) is 23.9 Å². The van der Waals surface area contributed by atoms with Crippen molar-refractivity contribution in [2.75, 3.05) is 13.1 Å². The monoisotopic (exact) mass is 345 g/mol. The van der Waals surface area contributed by atoms with Crippen LogP contribution < -0.4 is 9.47 Å². The average Bonchev–Trinajstić information content (AvgIpc) is 3.04. The first kappa shape index (κ1) is 15.9. The van der Waals surface area contributed by atoms with Gasteiger partial charge in [0.25, 0.3) is 12.2 Å². The van der Waals surface area contributed by atoms with Gasteiger partial charge in [-0.3, -0.25) is 4.79 Å². The minimum atomic E-state index is -0.782. The first-order valence-corrected chi connectivity index (χ1v) is 8.33. The van der Waals surface area contributed by atoms with Gasteiger partial charge >= 0.3 is 0 Å². The molecular weight excluding hydrogens is 328 g/mol. The molecule has 0 radical (unpaired) electrons. The van der Waals surface area contributed by atoms with Gasteiger partial charge in [0, 0.05) is 24.7 Å². The number of carbonyl (C=O) groups excluding carboxylic acids is 1. The standard InChI is InChI=1S/C19H17F2NO3/c20-13-6-4-12(5-7-13)19-24-16-10-14(15(21)11-17(16)25-19)18(23)22-8-2-1-3-9-22/h4-7,10-11,19H,1-3,8-9H2. The molecule has 2 aromatic carbocycles. The largest absolute Gasteiger partial charge is 0.447 e. The highest BCUT2D eigenvalue weighted by Gasteiger charge is 2.30. The molecule has 1 atom stereocenters. The van der Waals surface area contributed by atoms with Crippen molar-refractivity contribution in [3.63, 3.8) is 0 Å². The van der Waals surface area contributed by atoms with Crippen molar-refractivity contribution in [2.45, 2.75) is 25.6 Å². The number of benzene rings is 2. The van der Waals surface area contributed by atoms with E-state index in [0.29, 0.717) is 24.4 Å². The van der Waals surface area contributed by atoms with Gasteiger partial charge in [0.05, 0.1) is 5.56 Å². The Labute approximate surface area is 144 Å². The number of hydrogen-bond acceptors (Lipinski definition) is 3. The molecule has 2 heterocycles. The quantitative estimate of drug-likeness (QED) is 0.824. The SMILES string of the molecule is O=C(c1cc2c(cc1F)OC(c1ccc(F)cc1)O2)N1CCCCC1. The third-order valence-electron chi connectivity index (χ3n) is 4.52. The highest BCUT2D eigenvalue weighted by Crippen LogP contribution is 2.42. The minimum Gasteiger partial charge on any atom is -0.447 e. The smallest absolute Gasteiger partial charge is 0.267 e. The molecule has 25 heavy (non-hydrogen) atoms. The van der Waals surface area contributed by atoms with Crippen LogP contribution in [0, 0.1) is 11.6 Å². The first-order valence-electron chi connectivity index (χ1n) is 8.33. The molecule has 0 bridgehead atoms. The zero-order valence-electron chi connectivity index (χ0n) is 13.5. The number of halogens is 2. The van der Waals surface area contributed by atoms with Crippen LogP contribution in [0.1, 0.15) is 41.5 Å². The highest BCUT2D eigenvalue weighted by molar-refractivity contribution is 5.95. The molecular formula is C19H17F2NO3. The van der Waals surface area contributed by atoms with Crippen molar-refractivity contribution in [1.29, 1.82) is 0 Å². The summed E-state index contributed by atoms with van der Waals surface area (Å²) in [6.07, 6.45) is 2.18. The van der Waals surface area contributed by atoms with Crippen LogP contribution in [-0.2, 0) is 0 Å². The second-order valence-electron chi connectivity index (χ2n) is 6.25. The van der Waals surface area contributed by atoms with E-state index in [9.17, 15) is 13.6 Å². The zero-order valence-corrected chi connectivity index (χ0v) is 13.5. The van der Waals surface area contributed by atoms with E-state index in [1.165, 1.54) is 24.3 Å². The summed E-state index contributed by atoms with van der Waals surface area (Å²) in [5.41, 5.74) is 0.603. The molecule has 4 nitrogen and oxygen atoms in total. The van der Waals surface area contributed by atoms with Gasteiger partial charge in [-0.25, -0.2) is 8.78 Å². The third kappa shape index (κ3) is 3.04. The summed E-state index contributed by atoms with van der Waals surface area (Å²) in [4.78, 5) is 14.2. The second kappa shape index (κ2) is 6.35. The number of fused-ring (bicyclic) bond motifs is 1. The first-order chi connectivity index (χ1) is 12.1. The summed E-state index contributed by atoms with van der Waals surface area (Å²) in [7, 11) is 0. The molecule has 0 saturated carbocycles. The molecule has 130 valence electrons. The molecule has 1 fully saturated rings. The van der Waals surface area contributed by atoms with Gasteiger partial charge in [0.1, 0.15) is 11.6 Å². The van der Waals surface area contributed by atoms with Gasteiger partial charge in [-0.1, -0.05) is 0 Å². The summed E-state index contributed by atoms with van der Waals surface area (Å²) in [5.74, 6) is -0.760. The fourth-order valence-electron chi connectivity index (χ4n) is 3.16.